The highest BCUT2D eigenvalue weighted by Crippen LogP contribution is 2.30. The van der Waals surface area contributed by atoms with Crippen LogP contribution in [0.25, 0.3) is 0 Å². The summed E-state index contributed by atoms with van der Waals surface area (Å²) in [6, 6.07) is 18.5. The summed E-state index contributed by atoms with van der Waals surface area (Å²) in [6.07, 6.45) is 2.17. The van der Waals surface area contributed by atoms with Gasteiger partial charge in [-0.15, -0.1) is 0 Å². The standard InChI is InChI=1S/C19H22BrNO/c20-17-10-8-16(9-11-17)19(22)18(14-21-12-4-5-13-21)15-6-2-1-3-7-15/h1-3,6-11,18-19,22H,4-5,12-14H2/p+1/t18-,19-/m1/s1. The average Bonchev–Trinajstić information content (AvgIpc) is 3.07. The minimum absolute atomic E-state index is 0.149. The zero-order valence-electron chi connectivity index (χ0n) is 12.7. The molecule has 3 heteroatoms. The van der Waals surface area contributed by atoms with E-state index in [1.54, 1.807) is 4.90 Å². The first-order valence-electron chi connectivity index (χ1n) is 8.06. The van der Waals surface area contributed by atoms with Crippen molar-refractivity contribution in [3.8, 4) is 0 Å². The Morgan fingerprint density at radius 1 is 0.909 bits per heavy atom. The summed E-state index contributed by atoms with van der Waals surface area (Å²) in [7, 11) is 0. The van der Waals surface area contributed by atoms with Crippen molar-refractivity contribution in [2.45, 2.75) is 24.9 Å². The van der Waals surface area contributed by atoms with E-state index in [1.807, 2.05) is 30.3 Å². The smallest absolute Gasteiger partial charge is 0.0912 e. The molecule has 1 aliphatic rings. The number of likely N-dealkylation sites (tertiary alicyclic amines) is 1. The number of nitrogens with one attached hydrogen (secondary N) is 1. The van der Waals surface area contributed by atoms with Gasteiger partial charge in [-0.1, -0.05) is 58.4 Å². The molecule has 0 saturated carbocycles. The van der Waals surface area contributed by atoms with Crippen molar-refractivity contribution < 1.29 is 10.0 Å². The Morgan fingerprint density at radius 3 is 2.18 bits per heavy atom. The van der Waals surface area contributed by atoms with Crippen molar-refractivity contribution >= 4 is 15.9 Å². The maximum absolute atomic E-state index is 11.0. The van der Waals surface area contributed by atoms with Crippen LogP contribution in [-0.2, 0) is 0 Å². The summed E-state index contributed by atoms with van der Waals surface area (Å²) in [4.78, 5) is 1.62. The number of benzene rings is 2. The highest BCUT2D eigenvalue weighted by molar-refractivity contribution is 9.10. The minimum atomic E-state index is -0.455. The van der Waals surface area contributed by atoms with Crippen LogP contribution in [0.3, 0.4) is 0 Å². The molecule has 2 atom stereocenters. The molecule has 0 bridgehead atoms. The fourth-order valence-electron chi connectivity index (χ4n) is 3.39. The average molecular weight is 361 g/mol. The van der Waals surface area contributed by atoms with E-state index in [1.165, 1.54) is 31.5 Å². The van der Waals surface area contributed by atoms with Gasteiger partial charge in [0.15, 0.2) is 0 Å². The molecule has 2 N–H and O–H groups in total. The molecule has 0 spiro atoms. The third kappa shape index (κ3) is 3.78. The quantitative estimate of drug-likeness (QED) is 0.841. The summed E-state index contributed by atoms with van der Waals surface area (Å²) in [5, 5.41) is 11.0. The molecule has 0 aromatic heterocycles. The largest absolute Gasteiger partial charge is 0.388 e. The van der Waals surface area contributed by atoms with Gasteiger partial charge in [-0.3, -0.25) is 0 Å². The van der Waals surface area contributed by atoms with E-state index in [-0.39, 0.29) is 5.92 Å². The molecule has 0 unspecified atom stereocenters. The third-order valence-corrected chi connectivity index (χ3v) is 5.17. The Hall–Kier alpha value is -1.16. The number of aliphatic hydroxyl groups excluding tert-OH is 1. The summed E-state index contributed by atoms with van der Waals surface area (Å²) in [5.74, 6) is 0.149. The van der Waals surface area contributed by atoms with Crippen LogP contribution >= 0.6 is 15.9 Å². The third-order valence-electron chi connectivity index (χ3n) is 4.64. The van der Waals surface area contributed by atoms with Gasteiger partial charge in [0, 0.05) is 17.3 Å². The first-order chi connectivity index (χ1) is 10.7. The Labute approximate surface area is 140 Å². The van der Waals surface area contributed by atoms with E-state index < -0.39 is 6.10 Å². The molecule has 0 amide bonds. The zero-order chi connectivity index (χ0) is 15.4. The molecule has 1 saturated heterocycles. The van der Waals surface area contributed by atoms with Gasteiger partial charge in [0.1, 0.15) is 0 Å². The summed E-state index contributed by atoms with van der Waals surface area (Å²) >= 11 is 3.46. The number of hydrogen-bond donors (Lipinski definition) is 2. The molecule has 2 aromatic carbocycles. The second-order valence-electron chi connectivity index (χ2n) is 6.17. The van der Waals surface area contributed by atoms with Crippen molar-refractivity contribution in [3.63, 3.8) is 0 Å². The number of halogens is 1. The van der Waals surface area contributed by atoms with Gasteiger partial charge in [0.05, 0.1) is 31.7 Å². The van der Waals surface area contributed by atoms with E-state index in [0.717, 1.165) is 16.6 Å². The van der Waals surface area contributed by atoms with Crippen LogP contribution in [-0.4, -0.2) is 24.7 Å². The number of quaternary nitrogens is 1. The van der Waals surface area contributed by atoms with Crippen molar-refractivity contribution in [2.75, 3.05) is 19.6 Å². The van der Waals surface area contributed by atoms with Gasteiger partial charge >= 0.3 is 0 Å². The molecule has 0 aliphatic carbocycles. The van der Waals surface area contributed by atoms with Crippen LogP contribution in [0.2, 0.25) is 0 Å². The lowest BCUT2D eigenvalue weighted by atomic mass is 9.88. The fraction of sp³-hybridized carbons (Fsp3) is 0.368. The van der Waals surface area contributed by atoms with Gasteiger partial charge < -0.3 is 10.0 Å². The number of aliphatic hydroxyl groups is 1. The Balaban J connectivity index is 1.84. The predicted octanol–water partition coefficient (Wildman–Crippen LogP) is 2.95. The number of rotatable bonds is 5. The zero-order valence-corrected chi connectivity index (χ0v) is 14.3. The lowest BCUT2D eigenvalue weighted by molar-refractivity contribution is -0.889. The molecule has 3 rings (SSSR count). The van der Waals surface area contributed by atoms with Gasteiger partial charge in [0.25, 0.3) is 0 Å². The summed E-state index contributed by atoms with van der Waals surface area (Å²) in [6.45, 7) is 3.47. The molecule has 1 aliphatic heterocycles. The molecule has 116 valence electrons. The highest BCUT2D eigenvalue weighted by Gasteiger charge is 2.28. The first kappa shape index (κ1) is 15.7. The van der Waals surface area contributed by atoms with E-state index >= 15 is 0 Å². The summed E-state index contributed by atoms with van der Waals surface area (Å²) in [5.41, 5.74) is 2.23. The van der Waals surface area contributed by atoms with Crippen molar-refractivity contribution in [2.24, 2.45) is 0 Å². The number of hydrogen-bond acceptors (Lipinski definition) is 1. The topological polar surface area (TPSA) is 24.7 Å². The Bertz CT molecular complexity index is 578. The van der Waals surface area contributed by atoms with Crippen LogP contribution in [0.5, 0.6) is 0 Å². The maximum atomic E-state index is 11.0. The SMILES string of the molecule is O[C@H](c1ccc(Br)cc1)[C@H](C[NH+]1CCCC1)c1ccccc1. The Morgan fingerprint density at radius 2 is 1.55 bits per heavy atom. The van der Waals surface area contributed by atoms with Crippen LogP contribution < -0.4 is 4.90 Å². The van der Waals surface area contributed by atoms with Gasteiger partial charge in [-0.05, 0) is 23.3 Å². The normalized spacial score (nSPS) is 18.3. The predicted molar refractivity (Wildman–Crippen MR) is 93.1 cm³/mol. The minimum Gasteiger partial charge on any atom is -0.388 e. The van der Waals surface area contributed by atoms with Crippen LogP contribution in [0, 0.1) is 0 Å². The molecule has 1 heterocycles. The molecule has 0 radical (unpaired) electrons. The van der Waals surface area contributed by atoms with E-state index in [2.05, 4.69) is 40.2 Å². The maximum Gasteiger partial charge on any atom is 0.0912 e. The van der Waals surface area contributed by atoms with Crippen molar-refractivity contribution in [1.82, 2.24) is 0 Å². The first-order valence-corrected chi connectivity index (χ1v) is 8.85. The molecule has 1 fully saturated rings. The van der Waals surface area contributed by atoms with Crippen LogP contribution in [0.15, 0.2) is 59.1 Å². The monoisotopic (exact) mass is 360 g/mol. The molecular formula is C19H23BrNO+. The van der Waals surface area contributed by atoms with E-state index in [0.29, 0.717) is 0 Å². The van der Waals surface area contributed by atoms with E-state index in [9.17, 15) is 5.11 Å². The molecule has 2 nitrogen and oxygen atoms in total. The van der Waals surface area contributed by atoms with Gasteiger partial charge in [-0.25, -0.2) is 0 Å². The van der Waals surface area contributed by atoms with Crippen LogP contribution in [0.4, 0.5) is 0 Å². The molecular weight excluding hydrogens is 338 g/mol. The van der Waals surface area contributed by atoms with E-state index in [4.69, 9.17) is 0 Å². The van der Waals surface area contributed by atoms with Gasteiger partial charge in [0.2, 0.25) is 0 Å². The van der Waals surface area contributed by atoms with Crippen LogP contribution in [0.1, 0.15) is 36.0 Å². The molecule has 2 aromatic rings. The second kappa shape index (κ2) is 7.40. The lowest BCUT2D eigenvalue weighted by Crippen LogP contribution is -3.10. The van der Waals surface area contributed by atoms with Gasteiger partial charge in [-0.2, -0.15) is 0 Å². The van der Waals surface area contributed by atoms with Crippen molar-refractivity contribution in [1.29, 1.82) is 0 Å². The van der Waals surface area contributed by atoms with Crippen molar-refractivity contribution in [3.05, 3.63) is 70.2 Å². The lowest BCUT2D eigenvalue weighted by Gasteiger charge is -2.26. The highest BCUT2D eigenvalue weighted by atomic mass is 79.9. The Kier molecular flexibility index (Phi) is 5.29. The molecule has 22 heavy (non-hydrogen) atoms. The second-order valence-corrected chi connectivity index (χ2v) is 7.09. The summed E-state index contributed by atoms with van der Waals surface area (Å²) < 4.78 is 1.05. The fourth-order valence-corrected chi connectivity index (χ4v) is 3.66.